The van der Waals surface area contributed by atoms with Crippen LogP contribution in [0.2, 0.25) is 0 Å². The molecule has 2 rings (SSSR count). The van der Waals surface area contributed by atoms with Crippen LogP contribution in [0.4, 0.5) is 0 Å². The number of likely N-dealkylation sites (N-methyl/N-ethyl adjacent to an activating group) is 1. The molecular weight excluding hydrogens is 292 g/mol. The highest BCUT2D eigenvalue weighted by atomic mass is 16.3. The standard InChI is InChI=1S/C17H28N4O2/c1-2-20(13-15-4-8-19-9-5-15)14-17(23)6-3-10-21(11-7-17)16(22)12-18/h4-5,8-9,23H,2-3,6-7,10-14,18H2,1H3/t17-/m0/s1. The molecule has 0 unspecified atom stereocenters. The lowest BCUT2D eigenvalue weighted by Crippen LogP contribution is -2.44. The number of carbonyl (C=O) groups excluding carboxylic acids is 1. The van der Waals surface area contributed by atoms with Crippen LogP contribution in [0.15, 0.2) is 24.5 Å². The van der Waals surface area contributed by atoms with Crippen LogP contribution in [-0.2, 0) is 11.3 Å². The van der Waals surface area contributed by atoms with Gasteiger partial charge in [0.25, 0.3) is 0 Å². The first-order valence-electron chi connectivity index (χ1n) is 8.38. The summed E-state index contributed by atoms with van der Waals surface area (Å²) in [5.74, 6) is -0.0293. The van der Waals surface area contributed by atoms with Gasteiger partial charge in [-0.05, 0) is 43.5 Å². The van der Waals surface area contributed by atoms with Crippen molar-refractivity contribution in [2.45, 2.75) is 38.3 Å². The summed E-state index contributed by atoms with van der Waals surface area (Å²) in [5, 5.41) is 11.0. The molecule has 0 saturated carbocycles. The first-order chi connectivity index (χ1) is 11.1. The maximum atomic E-state index is 11.8. The van der Waals surface area contributed by atoms with Gasteiger partial charge in [-0.2, -0.15) is 0 Å². The number of aromatic nitrogens is 1. The van der Waals surface area contributed by atoms with E-state index in [1.807, 2.05) is 12.1 Å². The van der Waals surface area contributed by atoms with Crippen LogP contribution in [0.3, 0.4) is 0 Å². The molecule has 1 saturated heterocycles. The average Bonchev–Trinajstić information content (AvgIpc) is 2.76. The Hall–Kier alpha value is -1.50. The molecule has 0 bridgehead atoms. The normalized spacial score (nSPS) is 22.2. The van der Waals surface area contributed by atoms with Gasteiger partial charge in [0.2, 0.25) is 5.91 Å². The van der Waals surface area contributed by atoms with E-state index in [-0.39, 0.29) is 12.5 Å². The van der Waals surface area contributed by atoms with Crippen molar-refractivity contribution < 1.29 is 9.90 Å². The monoisotopic (exact) mass is 320 g/mol. The fourth-order valence-electron chi connectivity index (χ4n) is 3.16. The fourth-order valence-corrected chi connectivity index (χ4v) is 3.16. The molecule has 1 amide bonds. The van der Waals surface area contributed by atoms with Crippen LogP contribution in [0.5, 0.6) is 0 Å². The van der Waals surface area contributed by atoms with E-state index in [1.165, 1.54) is 5.56 Å². The van der Waals surface area contributed by atoms with Gasteiger partial charge in [-0.25, -0.2) is 0 Å². The Morgan fingerprint density at radius 1 is 1.39 bits per heavy atom. The largest absolute Gasteiger partial charge is 0.388 e. The Morgan fingerprint density at radius 3 is 2.78 bits per heavy atom. The molecule has 23 heavy (non-hydrogen) atoms. The predicted octanol–water partition coefficient (Wildman–Crippen LogP) is 0.606. The number of hydrogen-bond donors (Lipinski definition) is 2. The van der Waals surface area contributed by atoms with Gasteiger partial charge in [-0.1, -0.05) is 6.92 Å². The molecular formula is C17H28N4O2. The van der Waals surface area contributed by atoms with E-state index in [2.05, 4.69) is 16.8 Å². The molecule has 2 heterocycles. The zero-order valence-corrected chi connectivity index (χ0v) is 13.9. The zero-order valence-electron chi connectivity index (χ0n) is 13.9. The molecule has 1 atom stereocenters. The summed E-state index contributed by atoms with van der Waals surface area (Å²) in [5.41, 5.74) is 5.89. The topological polar surface area (TPSA) is 82.7 Å². The van der Waals surface area contributed by atoms with E-state index in [0.717, 1.165) is 19.5 Å². The predicted molar refractivity (Wildman–Crippen MR) is 89.6 cm³/mol. The highest BCUT2D eigenvalue weighted by Gasteiger charge is 2.32. The number of pyridine rings is 1. The second-order valence-corrected chi connectivity index (χ2v) is 6.32. The summed E-state index contributed by atoms with van der Waals surface area (Å²) in [6.07, 6.45) is 5.72. The Kier molecular flexibility index (Phi) is 6.50. The number of amides is 1. The van der Waals surface area contributed by atoms with Gasteiger partial charge in [0.1, 0.15) is 0 Å². The van der Waals surface area contributed by atoms with Gasteiger partial charge in [-0.15, -0.1) is 0 Å². The summed E-state index contributed by atoms with van der Waals surface area (Å²) in [4.78, 5) is 19.8. The Labute approximate surface area is 138 Å². The number of likely N-dealkylation sites (tertiary alicyclic amines) is 1. The van der Waals surface area contributed by atoms with Gasteiger partial charge < -0.3 is 15.7 Å². The van der Waals surface area contributed by atoms with Gasteiger partial charge in [0.15, 0.2) is 0 Å². The molecule has 0 aliphatic carbocycles. The van der Waals surface area contributed by atoms with Crippen molar-refractivity contribution in [3.8, 4) is 0 Å². The van der Waals surface area contributed by atoms with Crippen molar-refractivity contribution in [1.29, 1.82) is 0 Å². The van der Waals surface area contributed by atoms with Crippen LogP contribution in [-0.4, -0.2) is 64.1 Å². The SMILES string of the molecule is CCN(Cc1ccncc1)C[C@]1(O)CCCN(C(=O)CN)CC1. The molecule has 128 valence electrons. The summed E-state index contributed by atoms with van der Waals surface area (Å²) in [6, 6.07) is 4.00. The second kappa shape index (κ2) is 8.38. The summed E-state index contributed by atoms with van der Waals surface area (Å²) in [7, 11) is 0. The molecule has 6 heteroatoms. The number of nitrogens with zero attached hydrogens (tertiary/aromatic N) is 3. The number of aliphatic hydroxyl groups is 1. The molecule has 6 nitrogen and oxygen atoms in total. The van der Waals surface area contributed by atoms with Crippen LogP contribution in [0, 0.1) is 0 Å². The molecule has 0 spiro atoms. The Morgan fingerprint density at radius 2 is 2.13 bits per heavy atom. The molecule has 0 radical (unpaired) electrons. The quantitative estimate of drug-likeness (QED) is 0.802. The van der Waals surface area contributed by atoms with Crippen molar-refractivity contribution in [2.24, 2.45) is 5.73 Å². The highest BCUT2D eigenvalue weighted by molar-refractivity contribution is 5.78. The van der Waals surface area contributed by atoms with Crippen LogP contribution < -0.4 is 5.73 Å². The van der Waals surface area contributed by atoms with Crippen LogP contribution >= 0.6 is 0 Å². The smallest absolute Gasteiger partial charge is 0.236 e. The minimum atomic E-state index is -0.743. The molecule has 1 aromatic rings. The minimum Gasteiger partial charge on any atom is -0.388 e. The van der Waals surface area contributed by atoms with Crippen LogP contribution in [0.25, 0.3) is 0 Å². The van der Waals surface area contributed by atoms with Crippen molar-refractivity contribution in [3.05, 3.63) is 30.1 Å². The van der Waals surface area contributed by atoms with Crippen LogP contribution in [0.1, 0.15) is 31.7 Å². The van der Waals surface area contributed by atoms with E-state index in [9.17, 15) is 9.90 Å². The maximum Gasteiger partial charge on any atom is 0.236 e. The minimum absolute atomic E-state index is 0.0293. The van der Waals surface area contributed by atoms with Crippen molar-refractivity contribution in [2.75, 3.05) is 32.7 Å². The van der Waals surface area contributed by atoms with E-state index < -0.39 is 5.60 Å². The Bertz CT molecular complexity index is 497. The number of carbonyl (C=O) groups is 1. The fraction of sp³-hybridized carbons (Fsp3) is 0.647. The van der Waals surface area contributed by atoms with E-state index in [0.29, 0.717) is 32.5 Å². The summed E-state index contributed by atoms with van der Waals surface area (Å²) >= 11 is 0. The van der Waals surface area contributed by atoms with E-state index in [4.69, 9.17) is 5.73 Å². The Balaban J connectivity index is 1.95. The van der Waals surface area contributed by atoms with Gasteiger partial charge >= 0.3 is 0 Å². The lowest BCUT2D eigenvalue weighted by Gasteiger charge is -2.33. The number of nitrogens with two attached hydrogens (primary N) is 1. The zero-order chi connectivity index (χ0) is 16.7. The lowest BCUT2D eigenvalue weighted by molar-refractivity contribution is -0.129. The summed E-state index contributed by atoms with van der Waals surface area (Å²) in [6.45, 7) is 5.71. The van der Waals surface area contributed by atoms with Gasteiger partial charge in [-0.3, -0.25) is 14.7 Å². The van der Waals surface area contributed by atoms with Crippen molar-refractivity contribution in [3.63, 3.8) is 0 Å². The van der Waals surface area contributed by atoms with Crippen molar-refractivity contribution >= 4 is 5.91 Å². The van der Waals surface area contributed by atoms with Crippen molar-refractivity contribution in [1.82, 2.24) is 14.8 Å². The molecule has 1 fully saturated rings. The van der Waals surface area contributed by atoms with E-state index in [1.54, 1.807) is 17.3 Å². The van der Waals surface area contributed by atoms with Gasteiger partial charge in [0, 0.05) is 38.6 Å². The molecule has 1 aliphatic heterocycles. The lowest BCUT2D eigenvalue weighted by atomic mass is 9.94. The third-order valence-electron chi connectivity index (χ3n) is 4.57. The first-order valence-corrected chi connectivity index (χ1v) is 8.38. The maximum absolute atomic E-state index is 11.8. The average molecular weight is 320 g/mol. The summed E-state index contributed by atoms with van der Waals surface area (Å²) < 4.78 is 0. The molecule has 1 aromatic heterocycles. The second-order valence-electron chi connectivity index (χ2n) is 6.32. The highest BCUT2D eigenvalue weighted by Crippen LogP contribution is 2.24. The first kappa shape index (κ1) is 17.8. The number of rotatable bonds is 6. The molecule has 0 aromatic carbocycles. The number of hydrogen-bond acceptors (Lipinski definition) is 5. The van der Waals surface area contributed by atoms with Gasteiger partial charge in [0.05, 0.1) is 12.1 Å². The third kappa shape index (κ3) is 5.27. The molecule has 3 N–H and O–H groups in total. The third-order valence-corrected chi connectivity index (χ3v) is 4.57. The van der Waals surface area contributed by atoms with E-state index >= 15 is 0 Å². The molecule has 1 aliphatic rings.